The molecule has 0 spiro atoms. The van der Waals surface area contributed by atoms with E-state index in [4.69, 9.17) is 13.9 Å². The van der Waals surface area contributed by atoms with Crippen LogP contribution >= 0.6 is 0 Å². The standard InChI is InChI=1S/C26H28O11/c1-11(2)3-5-14-17(36-26-25(34)24(33)23(32)19(9-27)37-26)8-18-20(21(14)30)22(31)15(10-35-18)13-6-4-12(28)7-16(13)29/h3-4,6-8,10,19,23-30,32-34H,5,9H2,1-2H3/t19-,23+,24+,25-,26-/m1/s1. The summed E-state index contributed by atoms with van der Waals surface area (Å²) in [5.74, 6) is -1.06. The highest BCUT2D eigenvalue weighted by molar-refractivity contribution is 5.90. The molecule has 2 aromatic carbocycles. The minimum Gasteiger partial charge on any atom is -0.508 e. The van der Waals surface area contributed by atoms with Gasteiger partial charge in [-0.25, -0.2) is 0 Å². The molecule has 2 heterocycles. The first-order chi connectivity index (χ1) is 17.5. The van der Waals surface area contributed by atoms with Gasteiger partial charge in [0, 0.05) is 23.3 Å². The number of benzene rings is 2. The van der Waals surface area contributed by atoms with Crippen molar-refractivity contribution in [2.24, 2.45) is 0 Å². The summed E-state index contributed by atoms with van der Waals surface area (Å²) < 4.78 is 16.8. The summed E-state index contributed by atoms with van der Waals surface area (Å²) in [6, 6.07) is 5.00. The number of ether oxygens (including phenoxy) is 2. The number of aromatic hydroxyl groups is 3. The van der Waals surface area contributed by atoms with E-state index in [0.717, 1.165) is 17.9 Å². The highest BCUT2D eigenvalue weighted by Crippen LogP contribution is 2.39. The van der Waals surface area contributed by atoms with E-state index in [-0.39, 0.29) is 51.3 Å². The predicted octanol–water partition coefficient (Wildman–Crippen LogP) is 1.26. The molecular formula is C26H28O11. The van der Waals surface area contributed by atoms with Crippen LogP contribution < -0.4 is 10.2 Å². The number of phenolic OH excluding ortho intramolecular Hbond substituents is 3. The monoisotopic (exact) mass is 516 g/mol. The lowest BCUT2D eigenvalue weighted by Gasteiger charge is -2.39. The smallest absolute Gasteiger partial charge is 0.229 e. The summed E-state index contributed by atoms with van der Waals surface area (Å²) in [6.45, 7) is 3.01. The fraction of sp³-hybridized carbons (Fsp3) is 0.346. The van der Waals surface area contributed by atoms with Crippen LogP contribution in [0.4, 0.5) is 0 Å². The molecule has 1 aliphatic heterocycles. The van der Waals surface area contributed by atoms with E-state index in [0.29, 0.717) is 0 Å². The molecule has 1 fully saturated rings. The fourth-order valence-electron chi connectivity index (χ4n) is 4.12. The second kappa shape index (κ2) is 10.4. The number of rotatable bonds is 6. The van der Waals surface area contributed by atoms with Gasteiger partial charge < -0.3 is 49.6 Å². The van der Waals surface area contributed by atoms with E-state index in [9.17, 15) is 40.5 Å². The molecule has 11 heteroatoms. The molecule has 7 N–H and O–H groups in total. The molecule has 37 heavy (non-hydrogen) atoms. The number of allylic oxidation sites excluding steroid dienone is 2. The van der Waals surface area contributed by atoms with Crippen LogP contribution in [0.15, 0.2) is 51.4 Å². The van der Waals surface area contributed by atoms with Gasteiger partial charge in [0.05, 0.1) is 12.2 Å². The predicted molar refractivity (Wildman–Crippen MR) is 130 cm³/mol. The zero-order valence-electron chi connectivity index (χ0n) is 20.0. The summed E-state index contributed by atoms with van der Waals surface area (Å²) in [5.41, 5.74) is 0.331. The van der Waals surface area contributed by atoms with Gasteiger partial charge in [0.1, 0.15) is 64.6 Å². The Labute approximate surface area is 210 Å². The first-order valence-electron chi connectivity index (χ1n) is 11.5. The second-order valence-electron chi connectivity index (χ2n) is 9.06. The lowest BCUT2D eigenvalue weighted by atomic mass is 9.98. The van der Waals surface area contributed by atoms with Crippen LogP contribution in [0.25, 0.3) is 22.1 Å². The normalized spacial score (nSPS) is 23.7. The third-order valence-electron chi connectivity index (χ3n) is 6.18. The molecule has 3 aromatic rings. The van der Waals surface area contributed by atoms with Gasteiger partial charge in [-0.15, -0.1) is 0 Å². The van der Waals surface area contributed by atoms with Crippen LogP contribution in [-0.4, -0.2) is 73.1 Å². The van der Waals surface area contributed by atoms with Crippen LogP contribution in [0.1, 0.15) is 19.4 Å². The molecule has 1 saturated heterocycles. The van der Waals surface area contributed by atoms with Gasteiger partial charge in [-0.3, -0.25) is 4.79 Å². The number of hydrogen-bond donors (Lipinski definition) is 7. The van der Waals surface area contributed by atoms with E-state index in [1.54, 1.807) is 6.08 Å². The summed E-state index contributed by atoms with van der Waals surface area (Å²) >= 11 is 0. The van der Waals surface area contributed by atoms with Crippen molar-refractivity contribution < 1.29 is 49.6 Å². The Kier molecular flexibility index (Phi) is 7.44. The molecule has 198 valence electrons. The molecule has 0 radical (unpaired) electrons. The van der Waals surface area contributed by atoms with Crippen LogP contribution in [-0.2, 0) is 11.2 Å². The van der Waals surface area contributed by atoms with Gasteiger partial charge in [-0.1, -0.05) is 11.6 Å². The lowest BCUT2D eigenvalue weighted by Crippen LogP contribution is -2.60. The van der Waals surface area contributed by atoms with Crippen molar-refractivity contribution in [2.45, 2.75) is 51.0 Å². The van der Waals surface area contributed by atoms with Crippen molar-refractivity contribution in [2.75, 3.05) is 6.61 Å². The molecule has 0 saturated carbocycles. The zero-order chi connectivity index (χ0) is 27.0. The van der Waals surface area contributed by atoms with Gasteiger partial charge in [-0.2, -0.15) is 0 Å². The minimum atomic E-state index is -1.70. The maximum absolute atomic E-state index is 13.4. The minimum absolute atomic E-state index is 0.0322. The zero-order valence-corrected chi connectivity index (χ0v) is 20.0. The van der Waals surface area contributed by atoms with Crippen molar-refractivity contribution in [1.29, 1.82) is 0 Å². The number of aliphatic hydroxyl groups excluding tert-OH is 4. The highest BCUT2D eigenvalue weighted by atomic mass is 16.7. The van der Waals surface area contributed by atoms with Gasteiger partial charge in [0.15, 0.2) is 0 Å². The van der Waals surface area contributed by atoms with Crippen LogP contribution in [0.5, 0.6) is 23.0 Å². The Morgan fingerprint density at radius 3 is 2.41 bits per heavy atom. The Bertz CT molecular complexity index is 1390. The first-order valence-corrected chi connectivity index (χ1v) is 11.5. The van der Waals surface area contributed by atoms with E-state index in [2.05, 4.69) is 0 Å². The molecule has 5 atom stereocenters. The van der Waals surface area contributed by atoms with Gasteiger partial charge in [-0.05, 0) is 32.4 Å². The SMILES string of the molecule is CC(C)=CCc1c(O[C@@H]2O[C@H](CO)[C@H](O)[C@H](O)[C@H]2O)cc2occ(-c3ccc(O)cc3O)c(=O)c2c1O. The van der Waals surface area contributed by atoms with Gasteiger partial charge >= 0.3 is 0 Å². The Morgan fingerprint density at radius 1 is 1.03 bits per heavy atom. The summed E-state index contributed by atoms with van der Waals surface area (Å²) in [4.78, 5) is 13.4. The third-order valence-corrected chi connectivity index (χ3v) is 6.18. The van der Waals surface area contributed by atoms with E-state index >= 15 is 0 Å². The fourth-order valence-corrected chi connectivity index (χ4v) is 4.12. The number of fused-ring (bicyclic) bond motifs is 1. The van der Waals surface area contributed by atoms with Crippen molar-refractivity contribution >= 4 is 11.0 Å². The van der Waals surface area contributed by atoms with E-state index < -0.39 is 48.5 Å². The number of phenols is 3. The van der Waals surface area contributed by atoms with Crippen LogP contribution in [0.2, 0.25) is 0 Å². The molecule has 11 nitrogen and oxygen atoms in total. The largest absolute Gasteiger partial charge is 0.508 e. The average Bonchev–Trinajstić information content (AvgIpc) is 2.84. The van der Waals surface area contributed by atoms with Crippen LogP contribution in [0, 0.1) is 0 Å². The molecule has 0 bridgehead atoms. The van der Waals surface area contributed by atoms with E-state index in [1.165, 1.54) is 18.2 Å². The van der Waals surface area contributed by atoms with E-state index in [1.807, 2.05) is 13.8 Å². The van der Waals surface area contributed by atoms with Crippen molar-refractivity contribution in [1.82, 2.24) is 0 Å². The molecular weight excluding hydrogens is 488 g/mol. The Morgan fingerprint density at radius 2 is 1.76 bits per heavy atom. The first kappa shape index (κ1) is 26.5. The second-order valence-corrected chi connectivity index (χ2v) is 9.06. The number of aliphatic hydroxyl groups is 4. The summed E-state index contributed by atoms with van der Waals surface area (Å²) in [7, 11) is 0. The Hall–Kier alpha value is -3.61. The molecule has 1 aromatic heterocycles. The van der Waals surface area contributed by atoms with Crippen molar-refractivity contribution in [3.8, 4) is 34.1 Å². The maximum atomic E-state index is 13.4. The summed E-state index contributed by atoms with van der Waals surface area (Å²) in [5, 5.41) is 70.8. The number of hydrogen-bond acceptors (Lipinski definition) is 11. The lowest BCUT2D eigenvalue weighted by molar-refractivity contribution is -0.277. The van der Waals surface area contributed by atoms with Crippen molar-refractivity contribution in [3.63, 3.8) is 0 Å². The van der Waals surface area contributed by atoms with Crippen molar-refractivity contribution in [3.05, 3.63) is 58.0 Å². The molecule has 0 unspecified atom stereocenters. The van der Waals surface area contributed by atoms with Gasteiger partial charge in [0.2, 0.25) is 11.7 Å². The topological polar surface area (TPSA) is 190 Å². The summed E-state index contributed by atoms with van der Waals surface area (Å²) in [6.07, 6.45) is -4.74. The molecule has 0 amide bonds. The highest BCUT2D eigenvalue weighted by Gasteiger charge is 2.45. The third kappa shape index (κ3) is 4.99. The quantitative estimate of drug-likeness (QED) is 0.234. The Balaban J connectivity index is 1.85. The molecule has 1 aliphatic rings. The molecule has 4 rings (SSSR count). The maximum Gasteiger partial charge on any atom is 0.229 e. The van der Waals surface area contributed by atoms with Crippen LogP contribution in [0.3, 0.4) is 0 Å². The average molecular weight is 516 g/mol. The molecule has 0 aliphatic carbocycles. The van der Waals surface area contributed by atoms with Gasteiger partial charge in [0.25, 0.3) is 0 Å².